The van der Waals surface area contributed by atoms with Crippen LogP contribution >= 0.6 is 23.7 Å². The molecule has 1 atom stereocenters. The summed E-state index contributed by atoms with van der Waals surface area (Å²) in [4.78, 5) is 19.4. The predicted octanol–water partition coefficient (Wildman–Crippen LogP) is 3.14. The van der Waals surface area contributed by atoms with Crippen LogP contribution < -0.4 is 10.6 Å². The SMILES string of the molecule is CC1CCc2sc(C(=O)Nc3nc(C4CCNCC4)nn3C)cc2C1.Cl. The van der Waals surface area contributed by atoms with Gasteiger partial charge in [0.1, 0.15) is 0 Å². The molecule has 3 heterocycles. The molecule has 8 heteroatoms. The first-order chi connectivity index (χ1) is 12.1. The minimum Gasteiger partial charge on any atom is -0.317 e. The molecule has 2 aliphatic rings. The quantitative estimate of drug-likeness (QED) is 0.837. The number of rotatable bonds is 3. The van der Waals surface area contributed by atoms with E-state index in [0.717, 1.165) is 49.5 Å². The lowest BCUT2D eigenvalue weighted by molar-refractivity contribution is 0.102. The summed E-state index contributed by atoms with van der Waals surface area (Å²) in [5.41, 5.74) is 1.35. The molecule has 142 valence electrons. The first-order valence-corrected chi connectivity index (χ1v) is 9.96. The Morgan fingerprint density at radius 3 is 2.88 bits per heavy atom. The Balaban J connectivity index is 0.00000196. The summed E-state index contributed by atoms with van der Waals surface area (Å²) < 4.78 is 1.69. The number of carbonyl (C=O) groups excluding carboxylic acids is 1. The van der Waals surface area contributed by atoms with Gasteiger partial charge in [-0.2, -0.15) is 10.1 Å². The number of aromatic nitrogens is 3. The van der Waals surface area contributed by atoms with Crippen molar-refractivity contribution in [3.8, 4) is 0 Å². The molecule has 0 radical (unpaired) electrons. The summed E-state index contributed by atoms with van der Waals surface area (Å²) >= 11 is 1.63. The summed E-state index contributed by atoms with van der Waals surface area (Å²) in [6, 6.07) is 2.06. The average molecular weight is 396 g/mol. The maximum atomic E-state index is 12.7. The Hall–Kier alpha value is -1.44. The van der Waals surface area contributed by atoms with Gasteiger partial charge in [-0.25, -0.2) is 4.68 Å². The molecule has 1 amide bonds. The second-order valence-electron chi connectivity index (χ2n) is 7.30. The molecule has 0 spiro atoms. The normalized spacial score (nSPS) is 20.3. The maximum absolute atomic E-state index is 12.7. The Labute approximate surface area is 164 Å². The minimum absolute atomic E-state index is 0. The van der Waals surface area contributed by atoms with E-state index in [2.05, 4.69) is 33.7 Å². The van der Waals surface area contributed by atoms with Gasteiger partial charge in [0.2, 0.25) is 5.95 Å². The number of aryl methyl sites for hydroxylation is 2. The lowest BCUT2D eigenvalue weighted by Gasteiger charge is -2.19. The van der Waals surface area contributed by atoms with Crippen LogP contribution in [0.4, 0.5) is 5.95 Å². The van der Waals surface area contributed by atoms with E-state index in [1.807, 2.05) is 7.05 Å². The Kier molecular flexibility index (Phi) is 5.99. The monoisotopic (exact) mass is 395 g/mol. The largest absolute Gasteiger partial charge is 0.317 e. The van der Waals surface area contributed by atoms with Crippen molar-refractivity contribution in [1.82, 2.24) is 20.1 Å². The highest BCUT2D eigenvalue weighted by Crippen LogP contribution is 2.32. The highest BCUT2D eigenvalue weighted by Gasteiger charge is 2.23. The molecule has 4 rings (SSSR count). The van der Waals surface area contributed by atoms with Crippen molar-refractivity contribution < 1.29 is 4.79 Å². The number of anilines is 1. The van der Waals surface area contributed by atoms with E-state index in [4.69, 9.17) is 0 Å². The van der Waals surface area contributed by atoms with Gasteiger partial charge in [-0.3, -0.25) is 10.1 Å². The van der Waals surface area contributed by atoms with Crippen molar-refractivity contribution in [1.29, 1.82) is 0 Å². The zero-order chi connectivity index (χ0) is 17.4. The van der Waals surface area contributed by atoms with Gasteiger partial charge < -0.3 is 5.32 Å². The van der Waals surface area contributed by atoms with Crippen LogP contribution in [-0.2, 0) is 19.9 Å². The summed E-state index contributed by atoms with van der Waals surface area (Å²) in [7, 11) is 1.84. The molecular formula is C18H26ClN5OS. The molecule has 2 aromatic rings. The zero-order valence-corrected chi connectivity index (χ0v) is 16.9. The van der Waals surface area contributed by atoms with Crippen LogP contribution in [0, 0.1) is 5.92 Å². The van der Waals surface area contributed by atoms with E-state index in [1.54, 1.807) is 16.0 Å². The standard InChI is InChI=1S/C18H25N5OS.ClH/c1-11-3-4-14-13(9-11)10-15(25-14)17(24)21-18-20-16(22-23(18)2)12-5-7-19-8-6-12;/h10-12,19H,3-9H2,1-2H3,(H,20,21,22,24);1H. The summed E-state index contributed by atoms with van der Waals surface area (Å²) in [5, 5.41) is 10.8. The third-order valence-electron chi connectivity index (χ3n) is 5.26. The smallest absolute Gasteiger partial charge is 0.268 e. The number of carbonyl (C=O) groups is 1. The predicted molar refractivity (Wildman–Crippen MR) is 107 cm³/mol. The van der Waals surface area contributed by atoms with E-state index < -0.39 is 0 Å². The zero-order valence-electron chi connectivity index (χ0n) is 15.2. The second-order valence-corrected chi connectivity index (χ2v) is 8.44. The van der Waals surface area contributed by atoms with E-state index >= 15 is 0 Å². The van der Waals surface area contributed by atoms with Gasteiger partial charge in [0.05, 0.1) is 4.88 Å². The van der Waals surface area contributed by atoms with Crippen molar-refractivity contribution in [3.05, 3.63) is 27.2 Å². The number of nitrogens with zero attached hydrogens (tertiary/aromatic N) is 3. The van der Waals surface area contributed by atoms with Crippen LogP contribution in [0.3, 0.4) is 0 Å². The Morgan fingerprint density at radius 1 is 1.35 bits per heavy atom. The van der Waals surface area contributed by atoms with Crippen LogP contribution in [-0.4, -0.2) is 33.8 Å². The van der Waals surface area contributed by atoms with Gasteiger partial charge in [0.15, 0.2) is 5.82 Å². The van der Waals surface area contributed by atoms with Crippen molar-refractivity contribution in [2.24, 2.45) is 13.0 Å². The molecule has 26 heavy (non-hydrogen) atoms. The molecule has 0 aromatic carbocycles. The molecule has 2 N–H and O–H groups in total. The highest BCUT2D eigenvalue weighted by atomic mass is 35.5. The minimum atomic E-state index is -0.0700. The number of halogens is 1. The Bertz CT molecular complexity index is 781. The molecule has 0 bridgehead atoms. The fourth-order valence-corrected chi connectivity index (χ4v) is 4.85. The molecule has 0 saturated carbocycles. The van der Waals surface area contributed by atoms with E-state index in [1.165, 1.54) is 16.9 Å². The van der Waals surface area contributed by atoms with Crippen molar-refractivity contribution in [2.75, 3.05) is 18.4 Å². The Morgan fingerprint density at radius 2 is 2.12 bits per heavy atom. The number of nitrogens with one attached hydrogen (secondary N) is 2. The molecule has 2 aromatic heterocycles. The molecule has 1 fully saturated rings. The number of hydrogen-bond acceptors (Lipinski definition) is 5. The molecule has 6 nitrogen and oxygen atoms in total. The summed E-state index contributed by atoms with van der Waals surface area (Å²) in [6.45, 7) is 4.29. The maximum Gasteiger partial charge on any atom is 0.268 e. The second kappa shape index (κ2) is 8.06. The molecule has 1 aliphatic heterocycles. The lowest BCUT2D eigenvalue weighted by Crippen LogP contribution is -2.27. The van der Waals surface area contributed by atoms with Crippen LogP contribution in [0.2, 0.25) is 0 Å². The third-order valence-corrected chi connectivity index (χ3v) is 6.50. The number of amides is 1. The number of hydrogen-bond donors (Lipinski definition) is 2. The summed E-state index contributed by atoms with van der Waals surface area (Å²) in [5.74, 6) is 2.41. The van der Waals surface area contributed by atoms with Crippen molar-refractivity contribution >= 4 is 35.6 Å². The lowest BCUT2D eigenvalue weighted by atomic mass is 9.90. The van der Waals surface area contributed by atoms with E-state index in [-0.39, 0.29) is 18.3 Å². The number of fused-ring (bicyclic) bond motifs is 1. The van der Waals surface area contributed by atoms with Gasteiger partial charge in [0, 0.05) is 17.8 Å². The van der Waals surface area contributed by atoms with Crippen molar-refractivity contribution in [3.63, 3.8) is 0 Å². The molecular weight excluding hydrogens is 370 g/mol. The van der Waals surface area contributed by atoms with Gasteiger partial charge >= 0.3 is 0 Å². The third kappa shape index (κ3) is 3.94. The van der Waals surface area contributed by atoms with Gasteiger partial charge in [-0.15, -0.1) is 23.7 Å². The molecule has 1 unspecified atom stereocenters. The van der Waals surface area contributed by atoms with E-state index in [9.17, 15) is 4.79 Å². The van der Waals surface area contributed by atoms with Crippen molar-refractivity contribution in [2.45, 2.75) is 44.9 Å². The van der Waals surface area contributed by atoms with Crippen LogP contribution in [0.25, 0.3) is 0 Å². The average Bonchev–Trinajstić information content (AvgIpc) is 3.19. The van der Waals surface area contributed by atoms with Gasteiger partial charge in [0.25, 0.3) is 5.91 Å². The fraction of sp³-hybridized carbons (Fsp3) is 0.611. The fourth-order valence-electron chi connectivity index (χ4n) is 3.75. The molecule has 1 saturated heterocycles. The van der Waals surface area contributed by atoms with Gasteiger partial charge in [-0.1, -0.05) is 6.92 Å². The highest BCUT2D eigenvalue weighted by molar-refractivity contribution is 7.14. The van der Waals surface area contributed by atoms with Gasteiger partial charge in [-0.05, 0) is 62.7 Å². The van der Waals surface area contributed by atoms with Crippen LogP contribution in [0.1, 0.15) is 58.0 Å². The number of thiophene rings is 1. The number of piperidine rings is 1. The first kappa shape index (κ1) is 19.3. The summed E-state index contributed by atoms with van der Waals surface area (Å²) in [6.07, 6.45) is 5.50. The molecule has 1 aliphatic carbocycles. The first-order valence-electron chi connectivity index (χ1n) is 9.14. The van der Waals surface area contributed by atoms with Crippen LogP contribution in [0.5, 0.6) is 0 Å². The van der Waals surface area contributed by atoms with Crippen LogP contribution in [0.15, 0.2) is 6.07 Å². The van der Waals surface area contributed by atoms with E-state index in [0.29, 0.717) is 17.8 Å². The topological polar surface area (TPSA) is 71.8 Å².